The molecule has 0 aromatic heterocycles. The van der Waals surface area contributed by atoms with Crippen LogP contribution in [0, 0.1) is 0 Å². The predicted octanol–water partition coefficient (Wildman–Crippen LogP) is 4.65. The van der Waals surface area contributed by atoms with E-state index in [1.165, 1.54) is 6.07 Å². The van der Waals surface area contributed by atoms with Gasteiger partial charge in [-0.3, -0.25) is 4.79 Å². The average molecular weight is 296 g/mol. The molecule has 78 valence electrons. The second kappa shape index (κ2) is 6.59. The number of carbonyl (C=O) groups is 1. The second-order valence-corrected chi connectivity index (χ2v) is 3.84. The van der Waals surface area contributed by atoms with Crippen LogP contribution in [0.15, 0.2) is 6.07 Å². The highest BCUT2D eigenvalue weighted by molar-refractivity contribution is 6.54. The van der Waals surface area contributed by atoms with E-state index in [1.807, 2.05) is 0 Å². The lowest BCUT2D eigenvalue weighted by Crippen LogP contribution is -1.75. The lowest BCUT2D eigenvalue weighted by molar-refractivity contribution is -0.122. The van der Waals surface area contributed by atoms with E-state index in [-0.39, 0.29) is 21.5 Å². The molecule has 0 spiro atoms. The van der Waals surface area contributed by atoms with E-state index in [0.717, 1.165) is 0 Å². The van der Waals surface area contributed by atoms with Crippen LogP contribution in [0.2, 0.25) is 25.1 Å². The molecule has 2 nitrogen and oxygen atoms in total. The Morgan fingerprint density at radius 3 is 1.50 bits per heavy atom. The molecule has 0 aliphatic carbocycles. The van der Waals surface area contributed by atoms with Gasteiger partial charge in [0.05, 0.1) is 25.1 Å². The summed E-state index contributed by atoms with van der Waals surface area (Å²) in [6.07, 6.45) is 0. The fraction of sp³-hybridized carbons (Fsp3) is 0. The first-order chi connectivity index (χ1) is 6.45. The van der Waals surface area contributed by atoms with Crippen molar-refractivity contribution >= 4 is 64.5 Å². The van der Waals surface area contributed by atoms with Crippen LogP contribution in [0.4, 0.5) is 0 Å². The summed E-state index contributed by atoms with van der Waals surface area (Å²) in [5, 5.41) is 8.12. The number of halogens is 5. The highest BCUT2D eigenvalue weighted by Crippen LogP contribution is 2.40. The van der Waals surface area contributed by atoms with Crippen LogP contribution < -0.4 is 0 Å². The Morgan fingerprint density at radius 1 is 0.929 bits per heavy atom. The van der Waals surface area contributed by atoms with Gasteiger partial charge in [-0.15, -0.1) is 0 Å². The Hall–Kier alpha value is 0.140. The fourth-order valence-electron chi connectivity index (χ4n) is 0.544. The zero-order valence-electron chi connectivity index (χ0n) is 6.40. The summed E-state index contributed by atoms with van der Waals surface area (Å²) in [5.74, 6) is 0. The van der Waals surface area contributed by atoms with Gasteiger partial charge >= 0.3 is 0 Å². The molecule has 1 aromatic carbocycles. The van der Waals surface area contributed by atoms with Crippen molar-refractivity contribution in [2.45, 2.75) is 0 Å². The lowest BCUT2D eigenvalue weighted by Gasteiger charge is -2.02. The van der Waals surface area contributed by atoms with E-state index in [4.69, 9.17) is 67.9 Å². The highest BCUT2D eigenvalue weighted by atomic mass is 35.5. The van der Waals surface area contributed by atoms with Gasteiger partial charge in [0, 0.05) is 0 Å². The van der Waals surface area contributed by atoms with Gasteiger partial charge in [0.1, 0.15) is 0 Å². The standard InChI is InChI=1S/C6HCl5.CH2O2/c7-2-1-3(8)5(10)6(11)4(2)9;2-1-3/h1H;1H,(H,2,3). The highest BCUT2D eigenvalue weighted by Gasteiger charge is 2.10. The number of hydrogen-bond donors (Lipinski definition) is 1. The normalized spacial score (nSPS) is 8.93. The van der Waals surface area contributed by atoms with Crippen molar-refractivity contribution in [1.82, 2.24) is 0 Å². The Bertz CT molecular complexity index is 313. The van der Waals surface area contributed by atoms with Gasteiger partial charge in [-0.2, -0.15) is 0 Å². The summed E-state index contributed by atoms with van der Waals surface area (Å²) in [4.78, 5) is 8.36. The third-order valence-electron chi connectivity index (χ3n) is 1.06. The smallest absolute Gasteiger partial charge is 0.290 e. The van der Waals surface area contributed by atoms with Gasteiger partial charge in [0.25, 0.3) is 6.47 Å². The minimum absolute atomic E-state index is 0.186. The molecule has 7 heteroatoms. The van der Waals surface area contributed by atoms with Crippen molar-refractivity contribution < 1.29 is 9.90 Å². The minimum atomic E-state index is -0.250. The summed E-state index contributed by atoms with van der Waals surface area (Å²) in [5.41, 5.74) is 0. The molecule has 0 fully saturated rings. The Labute approximate surface area is 105 Å². The molecule has 0 bridgehead atoms. The zero-order valence-corrected chi connectivity index (χ0v) is 10.2. The molecule has 0 atom stereocenters. The van der Waals surface area contributed by atoms with E-state index in [0.29, 0.717) is 10.0 Å². The lowest BCUT2D eigenvalue weighted by atomic mass is 10.3. The molecule has 0 aliphatic heterocycles. The van der Waals surface area contributed by atoms with Crippen LogP contribution in [-0.4, -0.2) is 11.6 Å². The number of rotatable bonds is 0. The van der Waals surface area contributed by atoms with Crippen molar-refractivity contribution in [3.63, 3.8) is 0 Å². The summed E-state index contributed by atoms with van der Waals surface area (Å²) >= 11 is 28.2. The van der Waals surface area contributed by atoms with Crippen molar-refractivity contribution in [1.29, 1.82) is 0 Å². The monoisotopic (exact) mass is 294 g/mol. The molecule has 0 aliphatic rings. The van der Waals surface area contributed by atoms with Crippen molar-refractivity contribution in [3.05, 3.63) is 31.2 Å². The van der Waals surface area contributed by atoms with E-state index >= 15 is 0 Å². The molecule has 0 saturated heterocycles. The quantitative estimate of drug-likeness (QED) is 0.430. The van der Waals surface area contributed by atoms with Crippen molar-refractivity contribution in [3.8, 4) is 0 Å². The molecule has 14 heavy (non-hydrogen) atoms. The molecule has 1 aromatic rings. The maximum atomic E-state index is 8.36. The summed E-state index contributed by atoms with van der Waals surface area (Å²) in [7, 11) is 0. The van der Waals surface area contributed by atoms with Crippen LogP contribution in [0.25, 0.3) is 0 Å². The molecule has 0 saturated carbocycles. The van der Waals surface area contributed by atoms with Gasteiger partial charge in [-0.1, -0.05) is 58.0 Å². The van der Waals surface area contributed by atoms with Gasteiger partial charge in [0.2, 0.25) is 0 Å². The minimum Gasteiger partial charge on any atom is -0.483 e. The van der Waals surface area contributed by atoms with E-state index in [2.05, 4.69) is 0 Å². The summed E-state index contributed by atoms with van der Waals surface area (Å²) < 4.78 is 0. The van der Waals surface area contributed by atoms with E-state index in [9.17, 15) is 0 Å². The van der Waals surface area contributed by atoms with Gasteiger partial charge in [0.15, 0.2) is 0 Å². The van der Waals surface area contributed by atoms with Crippen molar-refractivity contribution in [2.75, 3.05) is 0 Å². The maximum absolute atomic E-state index is 8.36. The fourth-order valence-corrected chi connectivity index (χ4v) is 1.65. The third kappa shape index (κ3) is 3.71. The summed E-state index contributed by atoms with van der Waals surface area (Å²) in [6.45, 7) is -0.250. The third-order valence-corrected chi connectivity index (χ3v) is 3.20. The first-order valence-corrected chi connectivity index (χ1v) is 4.91. The Kier molecular flexibility index (Phi) is 6.66. The van der Waals surface area contributed by atoms with Gasteiger partial charge < -0.3 is 5.11 Å². The number of hydrogen-bond acceptors (Lipinski definition) is 1. The Balaban J connectivity index is 0.000000500. The topological polar surface area (TPSA) is 37.3 Å². The molecular formula is C7H3Cl5O2. The first-order valence-electron chi connectivity index (χ1n) is 3.02. The maximum Gasteiger partial charge on any atom is 0.290 e. The SMILES string of the molecule is Clc1cc(Cl)c(Cl)c(Cl)c1Cl.O=CO. The zero-order chi connectivity index (χ0) is 11.3. The number of carboxylic acid groups (broad SMARTS) is 1. The molecule has 0 radical (unpaired) electrons. The van der Waals surface area contributed by atoms with E-state index < -0.39 is 0 Å². The van der Waals surface area contributed by atoms with Gasteiger partial charge in [-0.05, 0) is 6.07 Å². The molecule has 0 amide bonds. The molecule has 0 unspecified atom stereocenters. The molecule has 1 N–H and O–H groups in total. The first kappa shape index (κ1) is 14.1. The average Bonchev–Trinajstić information content (AvgIpc) is 2.13. The molecule has 1 rings (SSSR count). The molecule has 0 heterocycles. The van der Waals surface area contributed by atoms with Crippen molar-refractivity contribution in [2.24, 2.45) is 0 Å². The predicted molar refractivity (Wildman–Crippen MR) is 60.2 cm³/mol. The number of benzene rings is 1. The van der Waals surface area contributed by atoms with Crippen LogP contribution >= 0.6 is 58.0 Å². The van der Waals surface area contributed by atoms with Gasteiger partial charge in [-0.25, -0.2) is 0 Å². The van der Waals surface area contributed by atoms with E-state index in [1.54, 1.807) is 0 Å². The van der Waals surface area contributed by atoms with Crippen LogP contribution in [-0.2, 0) is 4.79 Å². The van der Waals surface area contributed by atoms with Crippen LogP contribution in [0.1, 0.15) is 0 Å². The second-order valence-electron chi connectivity index (χ2n) is 1.89. The summed E-state index contributed by atoms with van der Waals surface area (Å²) in [6, 6.07) is 1.44. The van der Waals surface area contributed by atoms with Crippen LogP contribution in [0.5, 0.6) is 0 Å². The largest absolute Gasteiger partial charge is 0.483 e. The Morgan fingerprint density at radius 2 is 1.21 bits per heavy atom. The molecular weight excluding hydrogens is 293 g/mol. The van der Waals surface area contributed by atoms with Crippen LogP contribution in [0.3, 0.4) is 0 Å².